The van der Waals surface area contributed by atoms with Gasteiger partial charge in [0.25, 0.3) is 0 Å². The van der Waals surface area contributed by atoms with Crippen LogP contribution in [0.1, 0.15) is 20.8 Å². The minimum absolute atomic E-state index is 0.0967. The maximum atomic E-state index is 6.05. The fourth-order valence-electron chi connectivity index (χ4n) is 2.19. The van der Waals surface area contributed by atoms with Crippen LogP contribution in [0.3, 0.4) is 0 Å². The fourth-order valence-corrected chi connectivity index (χ4v) is 3.36. The first-order valence-corrected chi connectivity index (χ1v) is 7.98. The van der Waals surface area contributed by atoms with Crippen LogP contribution in [0.4, 0.5) is 5.82 Å². The number of nitrogens with zero attached hydrogens (tertiary/aromatic N) is 2. The van der Waals surface area contributed by atoms with Crippen LogP contribution in [0, 0.1) is 0 Å². The number of fused-ring (bicyclic) bond motifs is 1. The van der Waals surface area contributed by atoms with Crippen molar-refractivity contribution in [2.45, 2.75) is 26.3 Å². The molecule has 5 heteroatoms. The van der Waals surface area contributed by atoms with Crippen LogP contribution in [0.15, 0.2) is 35.7 Å². The summed E-state index contributed by atoms with van der Waals surface area (Å²) in [6.07, 6.45) is 0. The van der Waals surface area contributed by atoms with Gasteiger partial charge < -0.3 is 5.32 Å². The van der Waals surface area contributed by atoms with E-state index in [0.717, 1.165) is 27.2 Å². The summed E-state index contributed by atoms with van der Waals surface area (Å²) in [6, 6.07) is 10.3. The minimum Gasteiger partial charge on any atom is -0.365 e. The molecule has 0 fully saturated rings. The van der Waals surface area contributed by atoms with Crippen molar-refractivity contribution in [1.29, 1.82) is 0 Å². The van der Waals surface area contributed by atoms with E-state index in [-0.39, 0.29) is 10.8 Å². The van der Waals surface area contributed by atoms with Crippen molar-refractivity contribution in [2.75, 3.05) is 5.32 Å². The van der Waals surface area contributed by atoms with Crippen molar-refractivity contribution >= 4 is 39.0 Å². The lowest BCUT2D eigenvalue weighted by Crippen LogP contribution is -2.26. The summed E-state index contributed by atoms with van der Waals surface area (Å²) in [5.74, 6) is 0.789. The van der Waals surface area contributed by atoms with Crippen molar-refractivity contribution in [3.05, 3.63) is 41.0 Å². The van der Waals surface area contributed by atoms with Crippen molar-refractivity contribution < 1.29 is 0 Å². The zero-order valence-electron chi connectivity index (χ0n) is 12.1. The van der Waals surface area contributed by atoms with Gasteiger partial charge in [0.05, 0.1) is 5.39 Å². The number of hydrogen-bond donors (Lipinski definition) is 1. The first-order valence-electron chi connectivity index (χ1n) is 6.72. The third kappa shape index (κ3) is 3.01. The molecule has 108 valence electrons. The zero-order valence-corrected chi connectivity index (χ0v) is 13.7. The molecule has 0 saturated heterocycles. The molecule has 0 radical (unpaired) electrons. The fraction of sp³-hybridized carbons (Fsp3) is 0.250. The average molecular weight is 318 g/mol. The maximum Gasteiger partial charge on any atom is 0.225 e. The second-order valence-electron chi connectivity index (χ2n) is 5.91. The van der Waals surface area contributed by atoms with Gasteiger partial charge in [0, 0.05) is 16.5 Å². The quantitative estimate of drug-likeness (QED) is 0.658. The molecule has 0 atom stereocenters. The average Bonchev–Trinajstić information content (AvgIpc) is 2.81. The number of rotatable bonds is 2. The molecular weight excluding hydrogens is 302 g/mol. The summed E-state index contributed by atoms with van der Waals surface area (Å²) in [6.45, 7) is 6.30. The molecule has 2 aromatic heterocycles. The third-order valence-electron chi connectivity index (χ3n) is 2.98. The highest BCUT2D eigenvalue weighted by Crippen LogP contribution is 2.38. The smallest absolute Gasteiger partial charge is 0.225 e. The molecule has 0 saturated carbocycles. The molecule has 1 aromatic carbocycles. The third-order valence-corrected chi connectivity index (χ3v) is 4.03. The van der Waals surface area contributed by atoms with E-state index in [2.05, 4.69) is 53.6 Å². The molecule has 21 heavy (non-hydrogen) atoms. The molecule has 0 bridgehead atoms. The molecule has 0 aliphatic carbocycles. The van der Waals surface area contributed by atoms with Crippen LogP contribution in [-0.4, -0.2) is 15.5 Å². The lowest BCUT2D eigenvalue weighted by atomic mass is 10.0. The van der Waals surface area contributed by atoms with Crippen molar-refractivity contribution in [3.8, 4) is 11.1 Å². The first kappa shape index (κ1) is 14.3. The summed E-state index contributed by atoms with van der Waals surface area (Å²) in [4.78, 5) is 9.64. The number of benzene rings is 1. The normalized spacial score (nSPS) is 11.8. The van der Waals surface area contributed by atoms with Crippen molar-refractivity contribution in [1.82, 2.24) is 9.97 Å². The Balaban J connectivity index is 2.24. The molecular formula is C16H16ClN3S. The Labute approximate surface area is 133 Å². The van der Waals surface area contributed by atoms with Crippen molar-refractivity contribution in [3.63, 3.8) is 0 Å². The van der Waals surface area contributed by atoms with Gasteiger partial charge in [-0.3, -0.25) is 0 Å². The highest BCUT2D eigenvalue weighted by Gasteiger charge is 2.18. The summed E-state index contributed by atoms with van der Waals surface area (Å²) in [5, 5.41) is 6.85. The number of anilines is 1. The molecule has 0 amide bonds. The predicted octanol–water partition coefficient (Wildman–Crippen LogP) is 5.22. The Morgan fingerprint density at radius 1 is 1.10 bits per heavy atom. The molecule has 1 N–H and O–H groups in total. The second-order valence-corrected chi connectivity index (χ2v) is 7.11. The van der Waals surface area contributed by atoms with E-state index in [1.165, 1.54) is 0 Å². The second kappa shape index (κ2) is 5.28. The molecule has 0 spiro atoms. The Hall–Kier alpha value is -1.65. The topological polar surface area (TPSA) is 37.8 Å². The number of thiophene rings is 1. The first-order chi connectivity index (χ1) is 9.94. The Morgan fingerprint density at radius 3 is 2.48 bits per heavy atom. The van der Waals surface area contributed by atoms with E-state index in [0.29, 0.717) is 0 Å². The van der Waals surface area contributed by atoms with E-state index in [1.54, 1.807) is 11.3 Å². The summed E-state index contributed by atoms with van der Waals surface area (Å²) >= 11 is 7.64. The summed E-state index contributed by atoms with van der Waals surface area (Å²) in [7, 11) is 0. The minimum atomic E-state index is -0.0967. The van der Waals surface area contributed by atoms with Crippen LogP contribution in [0.25, 0.3) is 21.3 Å². The molecule has 0 aliphatic heterocycles. The monoisotopic (exact) mass is 317 g/mol. The van der Waals surface area contributed by atoms with Gasteiger partial charge in [0.15, 0.2) is 0 Å². The highest BCUT2D eigenvalue weighted by molar-refractivity contribution is 7.17. The van der Waals surface area contributed by atoms with E-state index in [9.17, 15) is 0 Å². The SMILES string of the molecule is CC(C)(C)Nc1nc(Cl)nc2scc(-c3ccccc3)c12. The lowest BCUT2D eigenvalue weighted by molar-refractivity contribution is 0.631. The zero-order chi connectivity index (χ0) is 15.0. The summed E-state index contributed by atoms with van der Waals surface area (Å²) in [5.41, 5.74) is 2.20. The van der Waals surface area contributed by atoms with Gasteiger partial charge in [-0.1, -0.05) is 30.3 Å². The van der Waals surface area contributed by atoms with Gasteiger partial charge in [0.1, 0.15) is 10.6 Å². The number of halogens is 1. The van der Waals surface area contributed by atoms with Gasteiger partial charge in [-0.25, -0.2) is 9.97 Å². The number of nitrogens with one attached hydrogen (secondary N) is 1. The van der Waals surface area contributed by atoms with Crippen LogP contribution in [-0.2, 0) is 0 Å². The van der Waals surface area contributed by atoms with E-state index < -0.39 is 0 Å². The standard InChI is InChI=1S/C16H16ClN3S/c1-16(2,3)20-13-12-11(10-7-5-4-6-8-10)9-21-14(12)19-15(17)18-13/h4-9H,1-3H3,(H,18,19,20). The Morgan fingerprint density at radius 2 is 1.81 bits per heavy atom. The summed E-state index contributed by atoms with van der Waals surface area (Å²) < 4.78 is 0. The lowest BCUT2D eigenvalue weighted by Gasteiger charge is -2.22. The molecule has 3 rings (SSSR count). The van der Waals surface area contributed by atoms with Crippen molar-refractivity contribution in [2.24, 2.45) is 0 Å². The number of aromatic nitrogens is 2. The van der Waals surface area contributed by atoms with Crippen LogP contribution < -0.4 is 5.32 Å². The van der Waals surface area contributed by atoms with E-state index in [1.807, 2.05) is 18.2 Å². The van der Waals surface area contributed by atoms with Gasteiger partial charge in [-0.05, 0) is 37.9 Å². The molecule has 3 aromatic rings. The van der Waals surface area contributed by atoms with Crippen LogP contribution in [0.2, 0.25) is 5.28 Å². The van der Waals surface area contributed by atoms with Gasteiger partial charge in [-0.15, -0.1) is 11.3 Å². The predicted molar refractivity (Wildman–Crippen MR) is 91.2 cm³/mol. The van der Waals surface area contributed by atoms with Crippen LogP contribution >= 0.6 is 22.9 Å². The molecule has 0 unspecified atom stereocenters. The van der Waals surface area contributed by atoms with E-state index in [4.69, 9.17) is 11.6 Å². The highest BCUT2D eigenvalue weighted by atomic mass is 35.5. The molecule has 0 aliphatic rings. The van der Waals surface area contributed by atoms with E-state index >= 15 is 0 Å². The molecule has 2 heterocycles. The Bertz CT molecular complexity index is 775. The van der Waals surface area contributed by atoms with Gasteiger partial charge in [0.2, 0.25) is 5.28 Å². The van der Waals surface area contributed by atoms with Crippen LogP contribution in [0.5, 0.6) is 0 Å². The largest absolute Gasteiger partial charge is 0.365 e. The molecule has 3 nitrogen and oxygen atoms in total. The Kier molecular flexibility index (Phi) is 3.59. The number of hydrogen-bond acceptors (Lipinski definition) is 4. The maximum absolute atomic E-state index is 6.05. The van der Waals surface area contributed by atoms with Gasteiger partial charge in [-0.2, -0.15) is 0 Å². The van der Waals surface area contributed by atoms with Gasteiger partial charge >= 0.3 is 0 Å².